The number of carbonyl (C=O) groups excluding carboxylic acids is 1. The van der Waals surface area contributed by atoms with Crippen molar-refractivity contribution < 1.29 is 9.53 Å². The van der Waals surface area contributed by atoms with Crippen LogP contribution in [-0.2, 0) is 7.05 Å². The Morgan fingerprint density at radius 3 is 2.92 bits per heavy atom. The molecule has 2 N–H and O–H groups in total. The van der Waals surface area contributed by atoms with Crippen molar-refractivity contribution in [2.75, 3.05) is 19.4 Å². The molecule has 0 aliphatic heterocycles. The Kier molecular flexibility index (Phi) is 7.11. The maximum Gasteiger partial charge on any atom is 0.269 e. The standard InChI is InChI=1S/C17H19N5O2S.ClH/c1-22-9-7-19-17(22)25-10-8-18-16(23)14-11-13(20-21-14)12-5-3-4-6-15(12)24-2;/h3-7,9,11H,8,10H2,1-2H3,(H,18,23)(H,20,21);1H. The average molecular weight is 394 g/mol. The molecular weight excluding hydrogens is 374 g/mol. The van der Waals surface area contributed by atoms with E-state index < -0.39 is 0 Å². The van der Waals surface area contributed by atoms with E-state index in [0.717, 1.165) is 16.5 Å². The second-order valence-corrected chi connectivity index (χ2v) is 6.35. The summed E-state index contributed by atoms with van der Waals surface area (Å²) in [4.78, 5) is 16.5. The molecule has 0 aliphatic rings. The van der Waals surface area contributed by atoms with Gasteiger partial charge in [0, 0.05) is 37.3 Å². The van der Waals surface area contributed by atoms with Gasteiger partial charge in [-0.3, -0.25) is 9.89 Å². The molecule has 0 saturated heterocycles. The third-order valence-electron chi connectivity index (χ3n) is 3.60. The van der Waals surface area contributed by atoms with E-state index in [4.69, 9.17) is 4.74 Å². The average Bonchev–Trinajstić information content (AvgIpc) is 3.28. The van der Waals surface area contributed by atoms with Gasteiger partial charge in [-0.05, 0) is 18.2 Å². The lowest BCUT2D eigenvalue weighted by Gasteiger charge is -2.04. The number of aromatic amines is 1. The number of rotatable bonds is 7. The molecule has 2 aromatic heterocycles. The fourth-order valence-electron chi connectivity index (χ4n) is 2.33. The molecular formula is C17H20ClN5O2S. The van der Waals surface area contributed by atoms with Crippen LogP contribution in [0.5, 0.6) is 5.75 Å². The van der Waals surface area contributed by atoms with Crippen LogP contribution in [0.2, 0.25) is 0 Å². The maximum absolute atomic E-state index is 12.2. The smallest absolute Gasteiger partial charge is 0.269 e. The van der Waals surface area contributed by atoms with Crippen LogP contribution < -0.4 is 10.1 Å². The molecule has 0 saturated carbocycles. The Hall–Kier alpha value is -2.45. The summed E-state index contributed by atoms with van der Waals surface area (Å²) in [6.45, 7) is 0.541. The van der Waals surface area contributed by atoms with Gasteiger partial charge in [0.15, 0.2) is 5.16 Å². The number of para-hydroxylation sites is 1. The fourth-order valence-corrected chi connectivity index (χ4v) is 3.11. The highest BCUT2D eigenvalue weighted by atomic mass is 35.5. The van der Waals surface area contributed by atoms with Crippen LogP contribution in [0, 0.1) is 0 Å². The van der Waals surface area contributed by atoms with Crippen LogP contribution in [0.3, 0.4) is 0 Å². The van der Waals surface area contributed by atoms with Crippen LogP contribution in [-0.4, -0.2) is 45.1 Å². The molecule has 0 unspecified atom stereocenters. The summed E-state index contributed by atoms with van der Waals surface area (Å²) in [6.07, 6.45) is 3.65. The molecule has 0 aliphatic carbocycles. The highest BCUT2D eigenvalue weighted by molar-refractivity contribution is 7.99. The van der Waals surface area contributed by atoms with Crippen molar-refractivity contribution in [2.45, 2.75) is 5.16 Å². The normalized spacial score (nSPS) is 10.2. The number of methoxy groups -OCH3 is 1. The molecule has 138 valence electrons. The highest BCUT2D eigenvalue weighted by Gasteiger charge is 2.13. The number of halogens is 1. The van der Waals surface area contributed by atoms with Crippen LogP contribution in [0.15, 0.2) is 47.9 Å². The number of thioether (sulfide) groups is 1. The summed E-state index contributed by atoms with van der Waals surface area (Å²) in [5.74, 6) is 1.27. The first kappa shape index (κ1) is 19.9. The summed E-state index contributed by atoms with van der Waals surface area (Å²) < 4.78 is 7.27. The van der Waals surface area contributed by atoms with E-state index >= 15 is 0 Å². The number of nitrogens with one attached hydrogen (secondary N) is 2. The zero-order chi connectivity index (χ0) is 17.6. The number of hydrogen-bond donors (Lipinski definition) is 2. The van der Waals surface area contributed by atoms with Crippen molar-refractivity contribution in [3.8, 4) is 17.0 Å². The number of hydrogen-bond acceptors (Lipinski definition) is 5. The number of H-pyrrole nitrogens is 1. The summed E-state index contributed by atoms with van der Waals surface area (Å²) >= 11 is 1.59. The number of amides is 1. The number of benzene rings is 1. The number of nitrogens with zero attached hydrogens (tertiary/aromatic N) is 3. The van der Waals surface area contributed by atoms with E-state index in [1.165, 1.54) is 0 Å². The zero-order valence-electron chi connectivity index (χ0n) is 14.4. The summed E-state index contributed by atoms with van der Waals surface area (Å²) in [5, 5.41) is 10.8. The lowest BCUT2D eigenvalue weighted by molar-refractivity contribution is 0.0951. The van der Waals surface area contributed by atoms with Crippen molar-refractivity contribution in [1.82, 2.24) is 25.1 Å². The van der Waals surface area contributed by atoms with Crippen LogP contribution in [0.25, 0.3) is 11.3 Å². The van der Waals surface area contributed by atoms with Gasteiger partial charge < -0.3 is 14.6 Å². The molecule has 9 heteroatoms. The SMILES string of the molecule is COc1ccccc1-c1cc(C(=O)NCCSc2nccn2C)[nH]n1.Cl. The first-order valence-electron chi connectivity index (χ1n) is 7.76. The van der Waals surface area contributed by atoms with Crippen molar-refractivity contribution in [3.63, 3.8) is 0 Å². The van der Waals surface area contributed by atoms with Crippen LogP contribution in [0.4, 0.5) is 0 Å². The first-order valence-corrected chi connectivity index (χ1v) is 8.74. The minimum Gasteiger partial charge on any atom is -0.496 e. The minimum atomic E-state index is -0.186. The van der Waals surface area contributed by atoms with E-state index in [9.17, 15) is 4.79 Å². The van der Waals surface area contributed by atoms with Crippen molar-refractivity contribution >= 4 is 30.1 Å². The quantitative estimate of drug-likeness (QED) is 0.476. The largest absolute Gasteiger partial charge is 0.496 e. The maximum atomic E-state index is 12.2. The number of ether oxygens (including phenoxy) is 1. The summed E-state index contributed by atoms with van der Waals surface area (Å²) in [5.41, 5.74) is 1.93. The summed E-state index contributed by atoms with van der Waals surface area (Å²) in [6, 6.07) is 9.28. The van der Waals surface area contributed by atoms with E-state index in [2.05, 4.69) is 20.5 Å². The van der Waals surface area contributed by atoms with Gasteiger partial charge in [0.1, 0.15) is 11.4 Å². The Morgan fingerprint density at radius 1 is 1.38 bits per heavy atom. The van der Waals surface area contributed by atoms with Gasteiger partial charge in [-0.25, -0.2) is 4.98 Å². The molecule has 3 rings (SSSR count). The second kappa shape index (κ2) is 9.30. The lowest BCUT2D eigenvalue weighted by Crippen LogP contribution is -2.26. The minimum absolute atomic E-state index is 0. The van der Waals surface area contributed by atoms with E-state index in [0.29, 0.717) is 23.7 Å². The van der Waals surface area contributed by atoms with Gasteiger partial charge >= 0.3 is 0 Å². The molecule has 3 aromatic rings. The van der Waals surface area contributed by atoms with Gasteiger partial charge in [0.05, 0.1) is 12.8 Å². The van der Waals surface area contributed by atoms with Crippen molar-refractivity contribution in [1.29, 1.82) is 0 Å². The number of carbonyl (C=O) groups is 1. The van der Waals surface area contributed by atoms with E-state index in [1.807, 2.05) is 42.1 Å². The lowest BCUT2D eigenvalue weighted by atomic mass is 10.1. The Morgan fingerprint density at radius 2 is 2.19 bits per heavy atom. The molecule has 2 heterocycles. The molecule has 7 nitrogen and oxygen atoms in total. The van der Waals surface area contributed by atoms with Gasteiger partial charge in [0.25, 0.3) is 5.91 Å². The topological polar surface area (TPSA) is 84.8 Å². The van der Waals surface area contributed by atoms with Gasteiger partial charge in [-0.1, -0.05) is 23.9 Å². The first-order chi connectivity index (χ1) is 12.2. The fraction of sp³-hybridized carbons (Fsp3) is 0.235. The van der Waals surface area contributed by atoms with Gasteiger partial charge in [-0.15, -0.1) is 12.4 Å². The van der Waals surface area contributed by atoms with Crippen molar-refractivity contribution in [2.24, 2.45) is 7.05 Å². The predicted octanol–water partition coefficient (Wildman–Crippen LogP) is 2.76. The highest BCUT2D eigenvalue weighted by Crippen LogP contribution is 2.28. The second-order valence-electron chi connectivity index (χ2n) is 5.29. The van der Waals surface area contributed by atoms with E-state index in [-0.39, 0.29) is 18.3 Å². The Labute approximate surface area is 162 Å². The molecule has 0 atom stereocenters. The molecule has 0 fully saturated rings. The molecule has 1 amide bonds. The molecule has 0 spiro atoms. The Balaban J connectivity index is 0.00000243. The molecule has 1 aromatic carbocycles. The van der Waals surface area contributed by atoms with Gasteiger partial charge in [-0.2, -0.15) is 5.10 Å². The third-order valence-corrected chi connectivity index (χ3v) is 4.66. The zero-order valence-corrected chi connectivity index (χ0v) is 16.1. The number of imidazole rings is 1. The Bertz CT molecular complexity index is 864. The number of aromatic nitrogens is 4. The van der Waals surface area contributed by atoms with Crippen molar-refractivity contribution in [3.05, 3.63) is 48.4 Å². The van der Waals surface area contributed by atoms with Crippen LogP contribution in [0.1, 0.15) is 10.5 Å². The van der Waals surface area contributed by atoms with Crippen LogP contribution >= 0.6 is 24.2 Å². The number of aryl methyl sites for hydroxylation is 1. The van der Waals surface area contributed by atoms with E-state index in [1.54, 1.807) is 31.1 Å². The third kappa shape index (κ3) is 4.59. The summed E-state index contributed by atoms with van der Waals surface area (Å²) in [7, 11) is 3.55. The molecule has 26 heavy (non-hydrogen) atoms. The monoisotopic (exact) mass is 393 g/mol. The molecule has 0 bridgehead atoms. The predicted molar refractivity (Wildman–Crippen MR) is 104 cm³/mol. The molecule has 0 radical (unpaired) electrons. The van der Waals surface area contributed by atoms with Gasteiger partial charge in [0.2, 0.25) is 0 Å².